The van der Waals surface area contributed by atoms with Crippen molar-refractivity contribution in [2.24, 2.45) is 0 Å². The van der Waals surface area contributed by atoms with Gasteiger partial charge >= 0.3 is 18.3 Å². The third-order valence-electron chi connectivity index (χ3n) is 8.60. The quantitative estimate of drug-likeness (QED) is 0.424. The van der Waals surface area contributed by atoms with Gasteiger partial charge in [0, 0.05) is 43.5 Å². The molecule has 3 aliphatic rings. The van der Waals surface area contributed by atoms with Crippen LogP contribution in [0.3, 0.4) is 0 Å². The van der Waals surface area contributed by atoms with Gasteiger partial charge in [-0.2, -0.15) is 28.4 Å². The van der Waals surface area contributed by atoms with E-state index in [4.69, 9.17) is 19.4 Å². The molecule has 2 atom stereocenters. The summed E-state index contributed by atoms with van der Waals surface area (Å²) < 4.78 is 52.4. The van der Waals surface area contributed by atoms with E-state index in [1.165, 1.54) is 12.1 Å². The van der Waals surface area contributed by atoms with Crippen molar-refractivity contribution in [2.75, 3.05) is 56.2 Å². The summed E-state index contributed by atoms with van der Waals surface area (Å²) >= 11 is 0. The smallest absolute Gasteiger partial charge is 0.416 e. The molecular weight excluding hydrogens is 587 g/mol. The van der Waals surface area contributed by atoms with E-state index in [0.717, 1.165) is 31.0 Å². The maximum absolute atomic E-state index is 13.5. The molecule has 2 fully saturated rings. The number of benzene rings is 1. The van der Waals surface area contributed by atoms with Gasteiger partial charge < -0.3 is 29.1 Å². The molecule has 2 aromatic rings. The van der Waals surface area contributed by atoms with Gasteiger partial charge in [-0.05, 0) is 78.2 Å². The van der Waals surface area contributed by atoms with E-state index < -0.39 is 29.5 Å². The summed E-state index contributed by atoms with van der Waals surface area (Å²) in [6.45, 7) is 8.88. The monoisotopic (exact) mass is 629 g/mol. The number of aromatic nitrogens is 2. The molecule has 5 rings (SSSR count). The van der Waals surface area contributed by atoms with E-state index >= 15 is 0 Å². The Morgan fingerprint density at radius 3 is 2.56 bits per heavy atom. The van der Waals surface area contributed by atoms with Crippen LogP contribution in [0.4, 0.5) is 29.5 Å². The number of alkyl halides is 3. The molecule has 10 nitrogen and oxygen atoms in total. The number of carbonyl (C=O) groups excluding carboxylic acids is 1. The van der Waals surface area contributed by atoms with Gasteiger partial charge in [0.15, 0.2) is 0 Å². The number of rotatable bonds is 6. The van der Waals surface area contributed by atoms with Crippen LogP contribution in [-0.2, 0) is 23.9 Å². The summed E-state index contributed by atoms with van der Waals surface area (Å²) in [6.07, 6.45) is -1.35. The number of piperazine rings is 1. The van der Waals surface area contributed by atoms with E-state index in [2.05, 4.69) is 22.9 Å². The SMILES string of the molecule is CN1CCC[C@H]1COc1nc2c(c(N3CCN(C(=O)OC(C)(C)C)C(CC#N)C3)n1)CCCN(c1cccc(C(F)(F)F)c1)C2. The number of nitriles is 1. The Balaban J connectivity index is 1.46. The highest BCUT2D eigenvalue weighted by molar-refractivity contribution is 5.69. The molecule has 0 saturated carbocycles. The fourth-order valence-corrected chi connectivity index (χ4v) is 6.26. The topological polar surface area (TPSA) is 98.1 Å². The van der Waals surface area contributed by atoms with Gasteiger partial charge in [0.2, 0.25) is 0 Å². The van der Waals surface area contributed by atoms with E-state index in [1.807, 2.05) is 25.7 Å². The minimum atomic E-state index is -4.44. The Kier molecular flexibility index (Phi) is 9.63. The van der Waals surface area contributed by atoms with E-state index in [1.54, 1.807) is 11.0 Å². The lowest BCUT2D eigenvalue weighted by Crippen LogP contribution is -2.56. The number of amides is 1. The van der Waals surface area contributed by atoms with Crippen LogP contribution in [0.25, 0.3) is 0 Å². The molecule has 244 valence electrons. The van der Waals surface area contributed by atoms with Gasteiger partial charge in [0.05, 0.1) is 36.3 Å². The molecule has 1 aromatic heterocycles. The lowest BCUT2D eigenvalue weighted by atomic mass is 10.1. The molecule has 13 heteroatoms. The minimum absolute atomic E-state index is 0.129. The molecular formula is C32H42F3N7O3. The fourth-order valence-electron chi connectivity index (χ4n) is 6.26. The number of carbonyl (C=O) groups is 1. The highest BCUT2D eigenvalue weighted by Gasteiger charge is 2.36. The van der Waals surface area contributed by atoms with Crippen molar-refractivity contribution < 1.29 is 27.4 Å². The summed E-state index contributed by atoms with van der Waals surface area (Å²) in [4.78, 5) is 30.6. The minimum Gasteiger partial charge on any atom is -0.462 e. The molecule has 45 heavy (non-hydrogen) atoms. The molecule has 1 aromatic carbocycles. The highest BCUT2D eigenvalue weighted by Crippen LogP contribution is 2.35. The number of anilines is 2. The molecule has 3 aliphatic heterocycles. The lowest BCUT2D eigenvalue weighted by Gasteiger charge is -2.42. The second-order valence-corrected chi connectivity index (χ2v) is 13.1. The van der Waals surface area contributed by atoms with Gasteiger partial charge in [0.1, 0.15) is 18.0 Å². The Morgan fingerprint density at radius 1 is 1.07 bits per heavy atom. The average Bonchev–Trinajstić information content (AvgIpc) is 3.26. The van der Waals surface area contributed by atoms with Crippen molar-refractivity contribution in [3.63, 3.8) is 0 Å². The van der Waals surface area contributed by atoms with Crippen LogP contribution >= 0.6 is 0 Å². The van der Waals surface area contributed by atoms with Crippen molar-refractivity contribution >= 4 is 17.6 Å². The zero-order valence-electron chi connectivity index (χ0n) is 26.4. The van der Waals surface area contributed by atoms with Gasteiger partial charge in [-0.1, -0.05) is 6.07 Å². The normalized spacial score (nSPS) is 21.2. The number of nitrogens with zero attached hydrogens (tertiary/aromatic N) is 7. The van der Waals surface area contributed by atoms with Crippen molar-refractivity contribution in [1.82, 2.24) is 19.8 Å². The number of hydrogen-bond acceptors (Lipinski definition) is 9. The molecule has 4 heterocycles. The first-order chi connectivity index (χ1) is 21.3. The molecule has 0 spiro atoms. The lowest BCUT2D eigenvalue weighted by molar-refractivity contribution is -0.137. The molecule has 0 radical (unpaired) electrons. The molecule has 2 saturated heterocycles. The number of halogens is 3. The van der Waals surface area contributed by atoms with Crippen LogP contribution in [0.15, 0.2) is 24.3 Å². The van der Waals surface area contributed by atoms with Crippen molar-refractivity contribution in [1.29, 1.82) is 5.26 Å². The summed E-state index contributed by atoms with van der Waals surface area (Å²) in [7, 11) is 2.07. The van der Waals surface area contributed by atoms with E-state index in [-0.39, 0.29) is 18.5 Å². The van der Waals surface area contributed by atoms with Gasteiger partial charge in [-0.3, -0.25) is 0 Å². The van der Waals surface area contributed by atoms with Crippen LogP contribution in [0.2, 0.25) is 0 Å². The predicted octanol–water partition coefficient (Wildman–Crippen LogP) is 5.26. The summed E-state index contributed by atoms with van der Waals surface area (Å²) in [5.74, 6) is 0.687. The summed E-state index contributed by atoms with van der Waals surface area (Å²) in [5.41, 5.74) is 0.741. The first-order valence-electron chi connectivity index (χ1n) is 15.6. The van der Waals surface area contributed by atoms with Crippen LogP contribution < -0.4 is 14.5 Å². The average molecular weight is 630 g/mol. The van der Waals surface area contributed by atoms with Crippen LogP contribution in [0.1, 0.15) is 63.3 Å². The van der Waals surface area contributed by atoms with Crippen LogP contribution in [0, 0.1) is 11.3 Å². The highest BCUT2D eigenvalue weighted by atomic mass is 19.4. The molecule has 1 unspecified atom stereocenters. The van der Waals surface area contributed by atoms with Gasteiger partial charge in [-0.25, -0.2) is 4.79 Å². The van der Waals surface area contributed by atoms with Gasteiger partial charge in [-0.15, -0.1) is 0 Å². The first-order valence-corrected chi connectivity index (χ1v) is 15.6. The molecule has 0 bridgehead atoms. The Bertz CT molecular complexity index is 1410. The van der Waals surface area contributed by atoms with Crippen LogP contribution in [-0.4, -0.2) is 89.9 Å². The second-order valence-electron chi connectivity index (χ2n) is 13.1. The van der Waals surface area contributed by atoms with E-state index in [0.29, 0.717) is 69.4 Å². The number of likely N-dealkylation sites (tertiary alicyclic amines) is 1. The molecule has 1 amide bonds. The van der Waals surface area contributed by atoms with Crippen molar-refractivity contribution in [3.8, 4) is 12.1 Å². The van der Waals surface area contributed by atoms with Gasteiger partial charge in [0.25, 0.3) is 0 Å². The van der Waals surface area contributed by atoms with Crippen molar-refractivity contribution in [3.05, 3.63) is 41.1 Å². The third kappa shape index (κ3) is 7.90. The molecule has 0 aliphatic carbocycles. The summed E-state index contributed by atoms with van der Waals surface area (Å²) in [5, 5.41) is 9.61. The number of likely N-dealkylation sites (N-methyl/N-ethyl adjacent to an activating group) is 1. The Hall–Kier alpha value is -3.79. The zero-order valence-corrected chi connectivity index (χ0v) is 26.4. The number of fused-ring (bicyclic) bond motifs is 1. The van der Waals surface area contributed by atoms with Crippen LogP contribution in [0.5, 0.6) is 6.01 Å². The number of ether oxygens (including phenoxy) is 2. The maximum Gasteiger partial charge on any atom is 0.416 e. The fraction of sp³-hybridized carbons (Fsp3) is 0.625. The largest absolute Gasteiger partial charge is 0.462 e. The zero-order chi connectivity index (χ0) is 32.4. The molecule has 0 N–H and O–H groups in total. The van der Waals surface area contributed by atoms with Crippen molar-refractivity contribution in [2.45, 2.75) is 83.3 Å². The summed E-state index contributed by atoms with van der Waals surface area (Å²) in [6, 6.07) is 7.66. The number of hydrogen-bond donors (Lipinski definition) is 0. The standard InChI is InChI=1S/C32H42F3N7O3/c1-31(2,3)45-30(43)42-17-16-41(19-24(42)12-13-36)28-26-11-7-15-40(23-9-5-8-22(18-23)32(33,34)35)20-27(26)37-29(38-28)44-21-25-10-6-14-39(25)4/h5,8-9,18,24-25H,6-7,10-12,14-17,19-21H2,1-4H3/t24?,25-/m0/s1. The van der Waals surface area contributed by atoms with E-state index in [9.17, 15) is 23.2 Å². The second kappa shape index (κ2) is 13.3. The maximum atomic E-state index is 13.5. The Morgan fingerprint density at radius 2 is 1.87 bits per heavy atom. The predicted molar refractivity (Wildman–Crippen MR) is 163 cm³/mol. The third-order valence-corrected chi connectivity index (χ3v) is 8.60. The Labute approximate surface area is 262 Å². The first kappa shape index (κ1) is 32.6.